The summed E-state index contributed by atoms with van der Waals surface area (Å²) in [6.45, 7) is 5.81. The van der Waals surface area contributed by atoms with Crippen LogP contribution in [0.2, 0.25) is 0 Å². The number of phosphoric acid groups is 1. The van der Waals surface area contributed by atoms with E-state index >= 15 is 0 Å². The molecule has 0 aliphatic heterocycles. The number of ketones is 1. The molecule has 0 spiro atoms. The summed E-state index contributed by atoms with van der Waals surface area (Å²) in [5.74, 6) is -0.545. The molecule has 7 heteroatoms. The third-order valence-electron chi connectivity index (χ3n) is 2.17. The van der Waals surface area contributed by atoms with E-state index in [9.17, 15) is 14.5 Å². The molecule has 1 N–H and O–H groups in total. The lowest BCUT2D eigenvalue weighted by Gasteiger charge is -2.29. The largest absolute Gasteiger partial charge is 0.474 e. The van der Waals surface area contributed by atoms with Crippen LogP contribution in [0.25, 0.3) is 0 Å². The number of hydrogen-bond acceptors (Lipinski definition) is 6. The normalized spacial score (nSPS) is 17.6. The fraction of sp³-hybridized carbons (Fsp3) is 0.667. The summed E-state index contributed by atoms with van der Waals surface area (Å²) in [4.78, 5) is 11.2. The molecule has 16 heavy (non-hydrogen) atoms. The molecule has 0 saturated carbocycles. The maximum atomic E-state index is 11.7. The zero-order valence-corrected chi connectivity index (χ0v) is 10.7. The number of hydrogen-bond donors (Lipinski definition) is 1. The zero-order chi connectivity index (χ0) is 13.0. The Balaban J connectivity index is 4.98. The number of rotatable bonds is 7. The van der Waals surface area contributed by atoms with E-state index in [4.69, 9.17) is 4.52 Å². The molecule has 0 fully saturated rings. The Morgan fingerprint density at radius 1 is 1.50 bits per heavy atom. The zero-order valence-electron chi connectivity index (χ0n) is 9.80. The lowest BCUT2D eigenvalue weighted by atomic mass is 9.95. The van der Waals surface area contributed by atoms with Gasteiger partial charge in [0.25, 0.3) is 0 Å². The molecule has 0 heterocycles. The van der Waals surface area contributed by atoms with Gasteiger partial charge in [0.1, 0.15) is 11.7 Å². The second kappa shape index (κ2) is 5.70. The summed E-state index contributed by atoms with van der Waals surface area (Å²) >= 11 is 0. The standard InChI is InChI=1S/C9H17O6P/c1-6-8(9(3,11)7(2)10)15-16(12,13-4)14-5/h6,8,11H,1H2,2-5H3. The summed E-state index contributed by atoms with van der Waals surface area (Å²) in [5.41, 5.74) is -1.84. The van der Waals surface area contributed by atoms with Gasteiger partial charge in [0, 0.05) is 14.2 Å². The third-order valence-corrected chi connectivity index (χ3v) is 3.55. The van der Waals surface area contributed by atoms with Gasteiger partial charge >= 0.3 is 7.82 Å². The van der Waals surface area contributed by atoms with Crippen molar-refractivity contribution in [2.75, 3.05) is 14.2 Å². The highest BCUT2D eigenvalue weighted by molar-refractivity contribution is 7.48. The van der Waals surface area contributed by atoms with Gasteiger partial charge in [-0.2, -0.15) is 0 Å². The first-order valence-corrected chi connectivity index (χ1v) is 5.95. The molecule has 0 aromatic rings. The maximum Gasteiger partial charge on any atom is 0.474 e. The fourth-order valence-electron chi connectivity index (χ4n) is 0.875. The first kappa shape index (κ1) is 15.5. The molecule has 0 rings (SSSR count). The predicted molar refractivity (Wildman–Crippen MR) is 58.0 cm³/mol. The van der Waals surface area contributed by atoms with Gasteiger partial charge in [0.2, 0.25) is 0 Å². The van der Waals surface area contributed by atoms with Crippen molar-refractivity contribution in [2.45, 2.75) is 25.6 Å². The molecule has 0 bridgehead atoms. The maximum absolute atomic E-state index is 11.7. The van der Waals surface area contributed by atoms with Gasteiger partial charge in [-0.15, -0.1) is 6.58 Å². The summed E-state index contributed by atoms with van der Waals surface area (Å²) in [6.07, 6.45) is -0.0257. The van der Waals surface area contributed by atoms with Crippen molar-refractivity contribution >= 4 is 13.6 Å². The highest BCUT2D eigenvalue weighted by Crippen LogP contribution is 2.50. The Morgan fingerprint density at radius 2 is 1.94 bits per heavy atom. The van der Waals surface area contributed by atoms with Gasteiger partial charge in [-0.1, -0.05) is 6.08 Å². The number of Topliss-reactive ketones (excluding diaryl/α,β-unsaturated/α-hetero) is 1. The molecule has 0 aliphatic rings. The van der Waals surface area contributed by atoms with E-state index in [0.717, 1.165) is 20.3 Å². The number of phosphoric ester groups is 1. The molecule has 6 nitrogen and oxygen atoms in total. The summed E-state index contributed by atoms with van der Waals surface area (Å²) in [6, 6.07) is 0. The summed E-state index contributed by atoms with van der Waals surface area (Å²) in [5, 5.41) is 9.83. The molecule has 2 unspecified atom stereocenters. The van der Waals surface area contributed by atoms with E-state index in [0.29, 0.717) is 0 Å². The van der Waals surface area contributed by atoms with E-state index in [2.05, 4.69) is 15.6 Å². The Labute approximate surface area is 94.8 Å². The van der Waals surface area contributed by atoms with E-state index < -0.39 is 25.3 Å². The Kier molecular flexibility index (Phi) is 5.52. The number of carbonyl (C=O) groups is 1. The molecular weight excluding hydrogens is 235 g/mol. The van der Waals surface area contributed by atoms with Crippen molar-refractivity contribution in [1.82, 2.24) is 0 Å². The molecule has 0 aromatic heterocycles. The van der Waals surface area contributed by atoms with E-state index in [1.807, 2.05) is 0 Å². The molecule has 0 saturated heterocycles. The van der Waals surface area contributed by atoms with Gasteiger partial charge < -0.3 is 5.11 Å². The van der Waals surface area contributed by atoms with Crippen LogP contribution in [0, 0.1) is 0 Å². The molecule has 94 valence electrons. The third kappa shape index (κ3) is 3.50. The quantitative estimate of drug-likeness (QED) is 0.543. The van der Waals surface area contributed by atoms with Crippen molar-refractivity contribution in [2.24, 2.45) is 0 Å². The first-order valence-electron chi connectivity index (χ1n) is 4.49. The predicted octanol–water partition coefficient (Wildman–Crippen LogP) is 1.30. The Morgan fingerprint density at radius 3 is 2.19 bits per heavy atom. The van der Waals surface area contributed by atoms with Crippen LogP contribution in [0.4, 0.5) is 0 Å². The molecule has 0 amide bonds. The topological polar surface area (TPSA) is 82.1 Å². The van der Waals surface area contributed by atoms with E-state index in [1.54, 1.807) is 0 Å². The minimum absolute atomic E-state index is 0.545. The first-order chi connectivity index (χ1) is 7.23. The van der Waals surface area contributed by atoms with Crippen molar-refractivity contribution < 1.29 is 28.0 Å². The monoisotopic (exact) mass is 252 g/mol. The van der Waals surface area contributed by atoms with Crippen LogP contribution in [0.15, 0.2) is 12.7 Å². The highest BCUT2D eigenvalue weighted by atomic mass is 31.2. The van der Waals surface area contributed by atoms with Crippen LogP contribution < -0.4 is 0 Å². The Bertz CT molecular complexity index is 303. The molecule has 0 aromatic carbocycles. The van der Waals surface area contributed by atoms with Crippen LogP contribution >= 0.6 is 7.82 Å². The van der Waals surface area contributed by atoms with Crippen LogP contribution in [-0.4, -0.2) is 36.8 Å². The van der Waals surface area contributed by atoms with Gasteiger partial charge in [0.05, 0.1) is 0 Å². The molecular formula is C9H17O6P. The smallest absolute Gasteiger partial charge is 0.379 e. The van der Waals surface area contributed by atoms with Gasteiger partial charge in [-0.05, 0) is 13.8 Å². The number of carbonyl (C=O) groups excluding carboxylic acids is 1. The second-order valence-corrected chi connectivity index (χ2v) is 5.11. The van der Waals surface area contributed by atoms with Crippen molar-refractivity contribution in [3.05, 3.63) is 12.7 Å². The van der Waals surface area contributed by atoms with Gasteiger partial charge in [0.15, 0.2) is 5.78 Å². The van der Waals surface area contributed by atoms with Crippen molar-refractivity contribution in [3.63, 3.8) is 0 Å². The highest BCUT2D eigenvalue weighted by Gasteiger charge is 2.40. The van der Waals surface area contributed by atoms with E-state index in [-0.39, 0.29) is 0 Å². The Hall–Kier alpha value is -0.520. The summed E-state index contributed by atoms with van der Waals surface area (Å²) < 4.78 is 25.7. The molecule has 0 radical (unpaired) electrons. The minimum Gasteiger partial charge on any atom is -0.379 e. The molecule has 0 aliphatic carbocycles. The molecule has 2 atom stereocenters. The van der Waals surface area contributed by atoms with Crippen LogP contribution in [0.5, 0.6) is 0 Å². The van der Waals surface area contributed by atoms with Gasteiger partial charge in [-0.3, -0.25) is 18.4 Å². The number of aliphatic hydroxyl groups is 1. The minimum atomic E-state index is -3.77. The second-order valence-electron chi connectivity index (χ2n) is 3.28. The SMILES string of the molecule is C=CC(OP(=O)(OC)OC)C(C)(O)C(C)=O. The van der Waals surface area contributed by atoms with E-state index in [1.165, 1.54) is 13.8 Å². The van der Waals surface area contributed by atoms with Gasteiger partial charge in [-0.25, -0.2) is 4.57 Å². The van der Waals surface area contributed by atoms with Crippen LogP contribution in [-0.2, 0) is 22.9 Å². The van der Waals surface area contributed by atoms with Crippen LogP contribution in [0.3, 0.4) is 0 Å². The average molecular weight is 252 g/mol. The fourth-order valence-corrected chi connectivity index (χ4v) is 1.77. The summed E-state index contributed by atoms with van der Waals surface area (Å²) in [7, 11) is -1.51. The lowest BCUT2D eigenvalue weighted by molar-refractivity contribution is -0.140. The van der Waals surface area contributed by atoms with Crippen molar-refractivity contribution in [1.29, 1.82) is 0 Å². The van der Waals surface area contributed by atoms with Crippen LogP contribution in [0.1, 0.15) is 13.8 Å². The van der Waals surface area contributed by atoms with Crippen molar-refractivity contribution in [3.8, 4) is 0 Å². The average Bonchev–Trinajstić information content (AvgIpc) is 2.25. The lowest BCUT2D eigenvalue weighted by Crippen LogP contribution is -2.45.